The third-order valence-corrected chi connectivity index (χ3v) is 3.64. The fourth-order valence-electron chi connectivity index (χ4n) is 2.44. The van der Waals surface area contributed by atoms with Crippen LogP contribution in [0.3, 0.4) is 0 Å². The molecule has 0 bridgehead atoms. The maximum atomic E-state index is 12.5. The number of rotatable bonds is 7. The number of nitrogens with zero attached hydrogens (tertiary/aromatic N) is 1. The van der Waals surface area contributed by atoms with Gasteiger partial charge in [0, 0.05) is 19.2 Å². The number of amides is 1. The van der Waals surface area contributed by atoms with E-state index in [9.17, 15) is 13.6 Å². The van der Waals surface area contributed by atoms with Crippen molar-refractivity contribution in [2.75, 3.05) is 13.7 Å². The monoisotopic (exact) mass is 349 g/mol. The Morgan fingerprint density at radius 3 is 2.40 bits per heavy atom. The first-order chi connectivity index (χ1) is 11.9. The van der Waals surface area contributed by atoms with Gasteiger partial charge in [0.15, 0.2) is 0 Å². The third kappa shape index (κ3) is 5.17. The van der Waals surface area contributed by atoms with Crippen molar-refractivity contribution in [1.29, 1.82) is 0 Å². The molecule has 0 fully saturated rings. The highest BCUT2D eigenvalue weighted by molar-refractivity contribution is 5.94. The van der Waals surface area contributed by atoms with Gasteiger partial charge < -0.3 is 14.4 Å². The number of aryl methyl sites for hydroxylation is 1. The topological polar surface area (TPSA) is 38.8 Å². The van der Waals surface area contributed by atoms with E-state index in [1.54, 1.807) is 42.3 Å². The zero-order valence-corrected chi connectivity index (χ0v) is 14.5. The molecule has 2 aromatic rings. The fourth-order valence-corrected chi connectivity index (χ4v) is 2.44. The second-order valence-corrected chi connectivity index (χ2v) is 5.60. The van der Waals surface area contributed by atoms with Crippen LogP contribution in [0, 0.1) is 6.92 Å². The standard InChI is InChI=1S/C19H21F2NO3/c1-4-24-17-10-7-15(11-13(17)2)18(23)22(3)12-14-5-8-16(9-6-14)25-19(20)21/h5-11,19H,4,12H2,1-3H3. The summed E-state index contributed by atoms with van der Waals surface area (Å²) in [7, 11) is 1.69. The van der Waals surface area contributed by atoms with Gasteiger partial charge in [-0.25, -0.2) is 0 Å². The molecule has 0 atom stereocenters. The van der Waals surface area contributed by atoms with E-state index in [0.717, 1.165) is 16.9 Å². The van der Waals surface area contributed by atoms with Crippen LogP contribution in [0.2, 0.25) is 0 Å². The number of carbonyl (C=O) groups is 1. The Morgan fingerprint density at radius 1 is 1.16 bits per heavy atom. The van der Waals surface area contributed by atoms with Gasteiger partial charge >= 0.3 is 6.61 Å². The van der Waals surface area contributed by atoms with Crippen LogP contribution in [0.25, 0.3) is 0 Å². The lowest BCUT2D eigenvalue weighted by molar-refractivity contribution is -0.0498. The lowest BCUT2D eigenvalue weighted by Crippen LogP contribution is -2.26. The van der Waals surface area contributed by atoms with Crippen LogP contribution in [-0.4, -0.2) is 31.1 Å². The number of ether oxygens (including phenoxy) is 2. The lowest BCUT2D eigenvalue weighted by Gasteiger charge is -2.18. The van der Waals surface area contributed by atoms with Gasteiger partial charge in [-0.3, -0.25) is 4.79 Å². The first kappa shape index (κ1) is 18.7. The van der Waals surface area contributed by atoms with Crippen molar-refractivity contribution in [1.82, 2.24) is 4.90 Å². The van der Waals surface area contributed by atoms with E-state index in [1.807, 2.05) is 13.8 Å². The van der Waals surface area contributed by atoms with Gasteiger partial charge in [-0.2, -0.15) is 8.78 Å². The molecule has 6 heteroatoms. The summed E-state index contributed by atoms with van der Waals surface area (Å²) in [5, 5.41) is 0. The van der Waals surface area contributed by atoms with Crippen molar-refractivity contribution in [3.63, 3.8) is 0 Å². The van der Waals surface area contributed by atoms with Crippen molar-refractivity contribution < 1.29 is 23.0 Å². The van der Waals surface area contributed by atoms with Crippen molar-refractivity contribution in [2.45, 2.75) is 27.0 Å². The van der Waals surface area contributed by atoms with Crippen LogP contribution in [0.5, 0.6) is 11.5 Å². The van der Waals surface area contributed by atoms with Crippen LogP contribution >= 0.6 is 0 Å². The van der Waals surface area contributed by atoms with Crippen molar-refractivity contribution in [2.24, 2.45) is 0 Å². The molecule has 1 amide bonds. The minimum atomic E-state index is -2.85. The summed E-state index contributed by atoms with van der Waals surface area (Å²) in [4.78, 5) is 14.1. The fraction of sp³-hybridized carbons (Fsp3) is 0.316. The van der Waals surface area contributed by atoms with Crippen LogP contribution in [0.15, 0.2) is 42.5 Å². The molecule has 2 aromatic carbocycles. The molecule has 134 valence electrons. The van der Waals surface area contributed by atoms with E-state index in [1.165, 1.54) is 12.1 Å². The Balaban J connectivity index is 2.03. The van der Waals surface area contributed by atoms with Gasteiger partial charge in [0.25, 0.3) is 5.91 Å². The molecule has 0 aliphatic heterocycles. The van der Waals surface area contributed by atoms with E-state index >= 15 is 0 Å². The molecule has 0 radical (unpaired) electrons. The molecule has 0 saturated carbocycles. The molecule has 25 heavy (non-hydrogen) atoms. The highest BCUT2D eigenvalue weighted by Gasteiger charge is 2.14. The second-order valence-electron chi connectivity index (χ2n) is 5.60. The molecule has 0 heterocycles. The number of alkyl halides is 2. The maximum Gasteiger partial charge on any atom is 0.387 e. The average Bonchev–Trinajstić information content (AvgIpc) is 2.57. The van der Waals surface area contributed by atoms with Gasteiger partial charge in [0.1, 0.15) is 11.5 Å². The summed E-state index contributed by atoms with van der Waals surface area (Å²) in [6.45, 7) is 1.88. The summed E-state index contributed by atoms with van der Waals surface area (Å²) in [6.07, 6.45) is 0. The Bertz CT molecular complexity index is 717. The normalized spacial score (nSPS) is 10.6. The minimum Gasteiger partial charge on any atom is -0.494 e. The van der Waals surface area contributed by atoms with E-state index in [4.69, 9.17) is 4.74 Å². The zero-order chi connectivity index (χ0) is 18.4. The van der Waals surface area contributed by atoms with Crippen molar-refractivity contribution in [3.8, 4) is 11.5 Å². The van der Waals surface area contributed by atoms with Crippen LogP contribution < -0.4 is 9.47 Å². The van der Waals surface area contributed by atoms with Gasteiger partial charge in [-0.1, -0.05) is 12.1 Å². The predicted octanol–water partition coefficient (Wildman–Crippen LogP) is 4.27. The van der Waals surface area contributed by atoms with Gasteiger partial charge in [-0.05, 0) is 55.3 Å². The summed E-state index contributed by atoms with van der Waals surface area (Å²) in [5.74, 6) is 0.727. The van der Waals surface area contributed by atoms with E-state index < -0.39 is 6.61 Å². The molecular weight excluding hydrogens is 328 g/mol. The smallest absolute Gasteiger partial charge is 0.387 e. The molecule has 4 nitrogen and oxygen atoms in total. The molecule has 0 aliphatic carbocycles. The SMILES string of the molecule is CCOc1ccc(C(=O)N(C)Cc2ccc(OC(F)F)cc2)cc1C. The Labute approximate surface area is 146 Å². The lowest BCUT2D eigenvalue weighted by atomic mass is 10.1. The molecule has 0 N–H and O–H groups in total. The molecule has 0 saturated heterocycles. The first-order valence-corrected chi connectivity index (χ1v) is 7.93. The second kappa shape index (κ2) is 8.46. The quantitative estimate of drug-likeness (QED) is 0.749. The Kier molecular flexibility index (Phi) is 6.33. The third-order valence-electron chi connectivity index (χ3n) is 3.64. The molecule has 2 rings (SSSR count). The van der Waals surface area contributed by atoms with E-state index in [-0.39, 0.29) is 11.7 Å². The Hall–Kier alpha value is -2.63. The Morgan fingerprint density at radius 2 is 1.84 bits per heavy atom. The predicted molar refractivity (Wildman–Crippen MR) is 91.2 cm³/mol. The molecule has 0 aliphatic rings. The number of hydrogen-bond donors (Lipinski definition) is 0. The zero-order valence-electron chi connectivity index (χ0n) is 14.5. The van der Waals surface area contributed by atoms with Gasteiger partial charge in [0.05, 0.1) is 6.61 Å². The molecule has 0 spiro atoms. The number of carbonyl (C=O) groups excluding carboxylic acids is 1. The number of halogens is 2. The number of hydrogen-bond acceptors (Lipinski definition) is 3. The maximum absolute atomic E-state index is 12.5. The molecule has 0 aromatic heterocycles. The van der Waals surface area contributed by atoms with E-state index in [0.29, 0.717) is 18.7 Å². The van der Waals surface area contributed by atoms with Crippen LogP contribution in [0.1, 0.15) is 28.4 Å². The van der Waals surface area contributed by atoms with Gasteiger partial charge in [0.2, 0.25) is 0 Å². The summed E-state index contributed by atoms with van der Waals surface area (Å²) >= 11 is 0. The first-order valence-electron chi connectivity index (χ1n) is 7.93. The van der Waals surface area contributed by atoms with Crippen LogP contribution in [-0.2, 0) is 6.54 Å². The molecular formula is C19H21F2NO3. The van der Waals surface area contributed by atoms with Gasteiger partial charge in [-0.15, -0.1) is 0 Å². The highest BCUT2D eigenvalue weighted by atomic mass is 19.3. The average molecular weight is 349 g/mol. The molecule has 0 unspecified atom stereocenters. The van der Waals surface area contributed by atoms with Crippen molar-refractivity contribution >= 4 is 5.91 Å². The van der Waals surface area contributed by atoms with Crippen molar-refractivity contribution in [3.05, 3.63) is 59.2 Å². The highest BCUT2D eigenvalue weighted by Crippen LogP contribution is 2.21. The largest absolute Gasteiger partial charge is 0.494 e. The summed E-state index contributed by atoms with van der Waals surface area (Å²) in [6, 6.07) is 11.5. The summed E-state index contributed by atoms with van der Waals surface area (Å²) in [5.41, 5.74) is 2.29. The van der Waals surface area contributed by atoms with Crippen LogP contribution in [0.4, 0.5) is 8.78 Å². The minimum absolute atomic E-state index is 0.0925. The number of benzene rings is 2. The van der Waals surface area contributed by atoms with E-state index in [2.05, 4.69) is 4.74 Å². The summed E-state index contributed by atoms with van der Waals surface area (Å²) < 4.78 is 34.1.